The summed E-state index contributed by atoms with van der Waals surface area (Å²) in [4.78, 5) is 10.4. The first-order valence-corrected chi connectivity index (χ1v) is 11.0. The normalized spacial score (nSPS) is 10.6. The van der Waals surface area contributed by atoms with E-state index in [0.717, 1.165) is 12.8 Å². The molecule has 0 amide bonds. The Morgan fingerprint density at radius 1 is 0.520 bits per heavy atom. The van der Waals surface area contributed by atoms with Crippen LogP contribution in [-0.2, 0) is 4.79 Å². The van der Waals surface area contributed by atoms with Crippen molar-refractivity contribution < 1.29 is 9.90 Å². The summed E-state index contributed by atoms with van der Waals surface area (Å²) in [5.74, 6) is -0.651. The fourth-order valence-corrected chi connectivity index (χ4v) is 3.35. The third-order valence-corrected chi connectivity index (χ3v) is 4.99. The first kappa shape index (κ1) is 28.5. The van der Waals surface area contributed by atoms with E-state index in [1.54, 1.807) is 0 Å². The van der Waals surface area contributed by atoms with Crippen molar-refractivity contribution in [1.29, 1.82) is 0 Å². The molecular weight excluding hydrogens is 382 g/mol. The van der Waals surface area contributed by atoms with Gasteiger partial charge in [0.05, 0.1) is 0 Å². The summed E-state index contributed by atoms with van der Waals surface area (Å²) in [6.45, 7) is 2.28. The van der Waals surface area contributed by atoms with E-state index in [0.29, 0.717) is 6.42 Å². The third kappa shape index (κ3) is 27.6. The van der Waals surface area contributed by atoms with Crippen molar-refractivity contribution in [3.05, 3.63) is 0 Å². The minimum atomic E-state index is -0.651. The van der Waals surface area contributed by atoms with Crippen LogP contribution < -0.4 is 0 Å². The second-order valence-corrected chi connectivity index (χ2v) is 7.51. The van der Waals surface area contributed by atoms with E-state index in [1.165, 1.54) is 109 Å². The van der Waals surface area contributed by atoms with Crippen LogP contribution in [0.25, 0.3) is 0 Å². The Kier molecular flexibility index (Phi) is 28.8. The van der Waals surface area contributed by atoms with Gasteiger partial charge in [-0.25, -0.2) is 0 Å². The van der Waals surface area contributed by atoms with Crippen LogP contribution in [0.5, 0.6) is 0 Å². The SMILES string of the molecule is CCCCCCCCCCCCCCCCCCCCCC(=O)O.[RbH]. The predicted molar refractivity (Wildman–Crippen MR) is 113 cm³/mol. The Bertz CT molecular complexity index is 256. The van der Waals surface area contributed by atoms with Gasteiger partial charge in [0, 0.05) is 6.42 Å². The summed E-state index contributed by atoms with van der Waals surface area (Å²) in [5, 5.41) is 8.56. The second-order valence-electron chi connectivity index (χ2n) is 7.51. The molecule has 2 nitrogen and oxygen atoms in total. The summed E-state index contributed by atoms with van der Waals surface area (Å²) in [6, 6.07) is 0. The zero-order valence-corrected chi connectivity index (χ0v) is 16.5. The molecule has 0 unspecified atom stereocenters. The molecule has 0 bridgehead atoms. The van der Waals surface area contributed by atoms with Gasteiger partial charge in [-0.05, 0) is 6.42 Å². The summed E-state index contributed by atoms with van der Waals surface area (Å²) in [7, 11) is 0. The van der Waals surface area contributed by atoms with Gasteiger partial charge in [0.25, 0.3) is 0 Å². The Morgan fingerprint density at radius 2 is 0.760 bits per heavy atom. The number of hydrogen-bond donors (Lipinski definition) is 1. The van der Waals surface area contributed by atoms with Gasteiger partial charge in [-0.2, -0.15) is 0 Å². The van der Waals surface area contributed by atoms with Gasteiger partial charge in [-0.3, -0.25) is 4.79 Å². The van der Waals surface area contributed by atoms with Crippen molar-refractivity contribution >= 4 is 64.2 Å². The second kappa shape index (κ2) is 25.3. The Balaban J connectivity index is 0. The fraction of sp³-hybridized carbons (Fsp3) is 0.955. The molecule has 0 rings (SSSR count). The van der Waals surface area contributed by atoms with E-state index in [9.17, 15) is 4.79 Å². The number of rotatable bonds is 20. The fourth-order valence-electron chi connectivity index (χ4n) is 3.35. The van der Waals surface area contributed by atoms with Crippen LogP contribution in [0.2, 0.25) is 0 Å². The third-order valence-electron chi connectivity index (χ3n) is 4.99. The topological polar surface area (TPSA) is 37.3 Å². The Morgan fingerprint density at radius 3 is 1.00 bits per heavy atom. The molecule has 0 radical (unpaired) electrons. The van der Waals surface area contributed by atoms with Crippen LogP contribution in [0.3, 0.4) is 0 Å². The number of carboxylic acid groups (broad SMARTS) is 1. The number of unbranched alkanes of at least 4 members (excludes halogenated alkanes) is 18. The van der Waals surface area contributed by atoms with Crippen LogP contribution >= 0.6 is 0 Å². The molecule has 0 aliphatic carbocycles. The van der Waals surface area contributed by atoms with E-state index < -0.39 is 5.97 Å². The molecule has 25 heavy (non-hydrogen) atoms. The Hall–Kier alpha value is 1.28. The molecule has 0 aromatic carbocycles. The number of aliphatic carboxylic acids is 1. The molecule has 3 heteroatoms. The molecule has 0 saturated heterocycles. The summed E-state index contributed by atoms with van der Waals surface area (Å²) in [6.07, 6.45) is 26.1. The van der Waals surface area contributed by atoms with Gasteiger partial charge in [-0.1, -0.05) is 122 Å². The van der Waals surface area contributed by atoms with Crippen molar-refractivity contribution in [3.8, 4) is 0 Å². The predicted octanol–water partition coefficient (Wildman–Crippen LogP) is 7.24. The zero-order valence-electron chi connectivity index (χ0n) is 16.5. The summed E-state index contributed by atoms with van der Waals surface area (Å²) < 4.78 is 0. The molecular formula is C22H45O2Rb. The number of hydrogen-bond acceptors (Lipinski definition) is 1. The van der Waals surface area contributed by atoms with Crippen LogP contribution in [-0.4, -0.2) is 69.3 Å². The minimum absolute atomic E-state index is 0. The maximum atomic E-state index is 10.4. The molecule has 0 heterocycles. The van der Waals surface area contributed by atoms with Crippen LogP contribution in [0, 0.1) is 0 Å². The van der Waals surface area contributed by atoms with Crippen LogP contribution in [0.1, 0.15) is 135 Å². The van der Waals surface area contributed by atoms with Gasteiger partial charge in [0.1, 0.15) is 0 Å². The molecule has 0 aromatic heterocycles. The summed E-state index contributed by atoms with van der Waals surface area (Å²) in [5.41, 5.74) is 0. The average Bonchev–Trinajstić information content (AvgIpc) is 2.56. The van der Waals surface area contributed by atoms with Crippen molar-refractivity contribution in [2.75, 3.05) is 0 Å². The van der Waals surface area contributed by atoms with E-state index in [1.807, 2.05) is 0 Å². The molecule has 0 aromatic rings. The number of carboxylic acids is 1. The first-order valence-electron chi connectivity index (χ1n) is 11.0. The molecule has 0 saturated carbocycles. The van der Waals surface area contributed by atoms with Gasteiger partial charge in [-0.15, -0.1) is 0 Å². The van der Waals surface area contributed by atoms with E-state index in [2.05, 4.69) is 6.92 Å². The average molecular weight is 427 g/mol. The van der Waals surface area contributed by atoms with Crippen molar-refractivity contribution in [2.24, 2.45) is 0 Å². The van der Waals surface area contributed by atoms with Crippen molar-refractivity contribution in [3.63, 3.8) is 0 Å². The van der Waals surface area contributed by atoms with Gasteiger partial charge in [0.2, 0.25) is 0 Å². The van der Waals surface area contributed by atoms with Crippen molar-refractivity contribution in [2.45, 2.75) is 135 Å². The molecule has 146 valence electrons. The molecule has 0 spiro atoms. The van der Waals surface area contributed by atoms with Crippen LogP contribution in [0.4, 0.5) is 0 Å². The Labute approximate surface area is 207 Å². The maximum absolute atomic E-state index is 10.4. The first-order chi connectivity index (χ1) is 11.8. The quantitative estimate of drug-likeness (QED) is 0.208. The van der Waals surface area contributed by atoms with Gasteiger partial charge >= 0.3 is 64.2 Å². The van der Waals surface area contributed by atoms with E-state index in [4.69, 9.17) is 5.11 Å². The van der Waals surface area contributed by atoms with Gasteiger partial charge in [0.15, 0.2) is 0 Å². The molecule has 0 fully saturated rings. The van der Waals surface area contributed by atoms with Gasteiger partial charge < -0.3 is 5.11 Å². The molecule has 0 aliphatic rings. The van der Waals surface area contributed by atoms with E-state index >= 15 is 0 Å². The van der Waals surface area contributed by atoms with E-state index in [-0.39, 0.29) is 58.2 Å². The van der Waals surface area contributed by atoms with Crippen molar-refractivity contribution in [1.82, 2.24) is 0 Å². The molecule has 1 N–H and O–H groups in total. The molecule has 0 atom stereocenters. The summed E-state index contributed by atoms with van der Waals surface area (Å²) >= 11 is 0. The van der Waals surface area contributed by atoms with Crippen LogP contribution in [0.15, 0.2) is 0 Å². The number of carbonyl (C=O) groups is 1. The monoisotopic (exact) mass is 426 g/mol. The zero-order chi connectivity index (χ0) is 17.7. The standard InChI is InChI=1S/C22H44O2.Rb.H/c1-2-3-4-5-6-7-8-9-10-11-12-13-14-15-16-17-18-19-20-21-22(23)24;;/h2-21H2,1H3,(H,23,24);;. The molecule has 0 aliphatic heterocycles.